The number of carbonyl (C=O) groups is 1. The number of carbonyl (C=O) groups excluding carboxylic acids is 1. The third-order valence-corrected chi connectivity index (χ3v) is 3.49. The number of esters is 1. The van der Waals surface area contributed by atoms with E-state index in [2.05, 4.69) is 20.7 Å². The molecule has 17 heavy (non-hydrogen) atoms. The number of methoxy groups -OCH3 is 1. The summed E-state index contributed by atoms with van der Waals surface area (Å²) in [6.45, 7) is 3.32. The third kappa shape index (κ3) is 3.82. The van der Waals surface area contributed by atoms with E-state index in [9.17, 15) is 9.90 Å². The number of hydrogen-bond donors (Lipinski definition) is 1. The first kappa shape index (κ1) is 14.2. The molecule has 2 atom stereocenters. The van der Waals surface area contributed by atoms with Crippen LogP contribution in [-0.4, -0.2) is 23.8 Å². The first-order chi connectivity index (χ1) is 7.86. The van der Waals surface area contributed by atoms with Gasteiger partial charge in [-0.3, -0.25) is 4.79 Å². The molecule has 0 spiro atoms. The van der Waals surface area contributed by atoms with Gasteiger partial charge in [0.1, 0.15) is 0 Å². The number of halogens is 1. The highest BCUT2D eigenvalue weighted by molar-refractivity contribution is 9.10. The molecule has 94 valence electrons. The van der Waals surface area contributed by atoms with E-state index in [0.717, 1.165) is 10.0 Å². The van der Waals surface area contributed by atoms with E-state index >= 15 is 0 Å². The van der Waals surface area contributed by atoms with Crippen molar-refractivity contribution in [3.05, 3.63) is 34.3 Å². The molecule has 1 N–H and O–H groups in total. The number of benzene rings is 1. The minimum absolute atomic E-state index is 0.396. The Labute approximate surface area is 110 Å². The fourth-order valence-corrected chi connectivity index (χ4v) is 1.86. The maximum Gasteiger partial charge on any atom is 0.311 e. The van der Waals surface area contributed by atoms with Gasteiger partial charge in [0.15, 0.2) is 0 Å². The maximum atomic E-state index is 11.4. The van der Waals surface area contributed by atoms with Crippen molar-refractivity contribution in [3.8, 4) is 0 Å². The monoisotopic (exact) mass is 300 g/mol. The van der Waals surface area contributed by atoms with Crippen molar-refractivity contribution in [2.24, 2.45) is 5.92 Å². The molecule has 0 aliphatic carbocycles. The van der Waals surface area contributed by atoms with Crippen LogP contribution in [0.4, 0.5) is 0 Å². The molecule has 1 aromatic rings. The van der Waals surface area contributed by atoms with Crippen LogP contribution in [0.3, 0.4) is 0 Å². The predicted octanol–water partition coefficient (Wildman–Crippen LogP) is 2.55. The molecule has 0 saturated carbocycles. The molecule has 1 rings (SSSR count). The second kappa shape index (κ2) is 5.65. The lowest BCUT2D eigenvalue weighted by Crippen LogP contribution is -2.40. The van der Waals surface area contributed by atoms with Crippen molar-refractivity contribution < 1.29 is 14.6 Å². The summed E-state index contributed by atoms with van der Waals surface area (Å²) in [6.07, 6.45) is 0.413. The average molecular weight is 301 g/mol. The number of hydrogen-bond acceptors (Lipinski definition) is 3. The fraction of sp³-hybridized carbons (Fsp3) is 0.462. The standard InChI is InChI=1S/C13H17BrO3/c1-9(12(15)17-3)13(2,16)8-10-4-6-11(14)7-5-10/h4-7,9,16H,8H2,1-3H3. The van der Waals surface area contributed by atoms with Crippen molar-refractivity contribution in [2.75, 3.05) is 7.11 Å². The summed E-state index contributed by atoms with van der Waals surface area (Å²) in [6, 6.07) is 7.66. The Bertz CT molecular complexity index is 384. The molecule has 1 aromatic carbocycles. The van der Waals surface area contributed by atoms with E-state index < -0.39 is 17.5 Å². The summed E-state index contributed by atoms with van der Waals surface area (Å²) < 4.78 is 5.64. The van der Waals surface area contributed by atoms with Gasteiger partial charge in [0.25, 0.3) is 0 Å². The predicted molar refractivity (Wildman–Crippen MR) is 69.6 cm³/mol. The Morgan fingerprint density at radius 1 is 1.47 bits per heavy atom. The highest BCUT2D eigenvalue weighted by Crippen LogP contribution is 2.24. The van der Waals surface area contributed by atoms with E-state index in [0.29, 0.717) is 6.42 Å². The lowest BCUT2D eigenvalue weighted by Gasteiger charge is -2.28. The van der Waals surface area contributed by atoms with Gasteiger partial charge in [-0.1, -0.05) is 28.1 Å². The highest BCUT2D eigenvalue weighted by atomic mass is 79.9. The molecule has 0 aliphatic heterocycles. The van der Waals surface area contributed by atoms with Crippen LogP contribution in [0.2, 0.25) is 0 Å². The maximum absolute atomic E-state index is 11.4. The summed E-state index contributed by atoms with van der Waals surface area (Å²) in [5, 5.41) is 10.3. The molecule has 0 bridgehead atoms. The van der Waals surface area contributed by atoms with Crippen LogP contribution >= 0.6 is 15.9 Å². The molecule has 3 nitrogen and oxygen atoms in total. The van der Waals surface area contributed by atoms with Gasteiger partial charge in [0, 0.05) is 10.9 Å². The summed E-state index contributed by atoms with van der Waals surface area (Å²) in [5.74, 6) is -0.955. The molecular weight excluding hydrogens is 284 g/mol. The van der Waals surface area contributed by atoms with Gasteiger partial charge in [0.05, 0.1) is 18.6 Å². The first-order valence-electron chi connectivity index (χ1n) is 5.41. The largest absolute Gasteiger partial charge is 0.469 e. The molecule has 0 saturated heterocycles. The molecule has 0 amide bonds. The molecule has 0 fully saturated rings. The van der Waals surface area contributed by atoms with Crippen molar-refractivity contribution in [3.63, 3.8) is 0 Å². The second-order valence-electron chi connectivity index (χ2n) is 4.41. The Hall–Kier alpha value is -0.870. The minimum Gasteiger partial charge on any atom is -0.469 e. The van der Waals surface area contributed by atoms with Crippen LogP contribution in [0, 0.1) is 5.92 Å². The van der Waals surface area contributed by atoms with Crippen LogP contribution in [0.5, 0.6) is 0 Å². The summed E-state index contributed by atoms with van der Waals surface area (Å²) in [5.41, 5.74) is -0.130. The third-order valence-electron chi connectivity index (χ3n) is 2.96. The summed E-state index contributed by atoms with van der Waals surface area (Å²) in [7, 11) is 1.33. The second-order valence-corrected chi connectivity index (χ2v) is 5.32. The van der Waals surface area contributed by atoms with Gasteiger partial charge in [-0.25, -0.2) is 0 Å². The van der Waals surface area contributed by atoms with E-state index in [1.807, 2.05) is 24.3 Å². The van der Waals surface area contributed by atoms with E-state index in [1.165, 1.54) is 7.11 Å². The fourth-order valence-electron chi connectivity index (χ4n) is 1.60. The zero-order valence-electron chi connectivity index (χ0n) is 10.2. The van der Waals surface area contributed by atoms with Crippen molar-refractivity contribution in [1.29, 1.82) is 0 Å². The van der Waals surface area contributed by atoms with Crippen molar-refractivity contribution in [1.82, 2.24) is 0 Å². The number of aliphatic hydroxyl groups is 1. The molecule has 4 heteroatoms. The van der Waals surface area contributed by atoms with Gasteiger partial charge in [-0.15, -0.1) is 0 Å². The average Bonchev–Trinajstić information content (AvgIpc) is 2.30. The zero-order chi connectivity index (χ0) is 13.1. The SMILES string of the molecule is COC(=O)C(C)C(C)(O)Cc1ccc(Br)cc1. The van der Waals surface area contributed by atoms with Gasteiger partial charge in [-0.2, -0.15) is 0 Å². The lowest BCUT2D eigenvalue weighted by atomic mass is 9.85. The van der Waals surface area contributed by atoms with Crippen molar-refractivity contribution in [2.45, 2.75) is 25.9 Å². The quantitative estimate of drug-likeness (QED) is 0.869. The van der Waals surface area contributed by atoms with E-state index in [4.69, 9.17) is 0 Å². The highest BCUT2D eigenvalue weighted by Gasteiger charge is 2.34. The van der Waals surface area contributed by atoms with E-state index in [1.54, 1.807) is 13.8 Å². The van der Waals surface area contributed by atoms with Gasteiger partial charge < -0.3 is 9.84 Å². The smallest absolute Gasteiger partial charge is 0.311 e. The molecule has 0 heterocycles. The molecular formula is C13H17BrO3. The van der Waals surface area contributed by atoms with Crippen LogP contribution < -0.4 is 0 Å². The topological polar surface area (TPSA) is 46.5 Å². The zero-order valence-corrected chi connectivity index (χ0v) is 11.8. The van der Waals surface area contributed by atoms with Gasteiger partial charge >= 0.3 is 5.97 Å². The van der Waals surface area contributed by atoms with Crippen LogP contribution in [0.1, 0.15) is 19.4 Å². The molecule has 0 radical (unpaired) electrons. The number of ether oxygens (including phenoxy) is 1. The Kier molecular flexibility index (Phi) is 4.71. The van der Waals surface area contributed by atoms with Crippen molar-refractivity contribution >= 4 is 21.9 Å². The normalized spacial score (nSPS) is 16.1. The lowest BCUT2D eigenvalue weighted by molar-refractivity contribution is -0.153. The van der Waals surface area contributed by atoms with E-state index in [-0.39, 0.29) is 0 Å². The van der Waals surface area contributed by atoms with Crippen LogP contribution in [0.25, 0.3) is 0 Å². The van der Waals surface area contributed by atoms with Gasteiger partial charge in [-0.05, 0) is 31.5 Å². The molecule has 2 unspecified atom stereocenters. The van der Waals surface area contributed by atoms with Gasteiger partial charge in [0.2, 0.25) is 0 Å². The Morgan fingerprint density at radius 2 is 2.00 bits per heavy atom. The Morgan fingerprint density at radius 3 is 2.47 bits per heavy atom. The Balaban J connectivity index is 2.78. The summed E-state index contributed by atoms with van der Waals surface area (Å²) in [4.78, 5) is 11.4. The molecule has 0 aliphatic rings. The van der Waals surface area contributed by atoms with Crippen LogP contribution in [-0.2, 0) is 16.0 Å². The molecule has 0 aromatic heterocycles. The van der Waals surface area contributed by atoms with Crippen LogP contribution in [0.15, 0.2) is 28.7 Å². The minimum atomic E-state index is -1.11. The summed E-state index contributed by atoms with van der Waals surface area (Å²) >= 11 is 3.35. The first-order valence-corrected chi connectivity index (χ1v) is 6.21. The number of rotatable bonds is 4.